The monoisotopic (exact) mass is 198 g/mol. The number of rotatable bonds is 0. The van der Waals surface area contributed by atoms with E-state index in [9.17, 15) is 0 Å². The van der Waals surface area contributed by atoms with Crippen LogP contribution in [0.2, 0.25) is 0 Å². The van der Waals surface area contributed by atoms with Gasteiger partial charge in [0.2, 0.25) is 0 Å². The van der Waals surface area contributed by atoms with E-state index in [1.807, 2.05) is 60.8 Å². The van der Waals surface area contributed by atoms with E-state index in [0.29, 0.717) is 0 Å². The zero-order valence-corrected chi connectivity index (χ0v) is 8.53. The van der Waals surface area contributed by atoms with E-state index in [1.165, 1.54) is 0 Å². The van der Waals surface area contributed by atoms with Gasteiger partial charge < -0.3 is 0 Å². The fourth-order valence-electron chi connectivity index (χ4n) is 0.888. The third-order valence-corrected chi connectivity index (χ3v) is 1.57. The molecule has 0 spiro atoms. The molecule has 0 aromatic heterocycles. The molecular weight excluding hydrogens is 184 g/mol. The molecule has 0 aromatic rings. The highest BCUT2D eigenvalue weighted by Crippen LogP contribution is 1.86. The van der Waals surface area contributed by atoms with Gasteiger partial charge in [-0.2, -0.15) is 10.2 Å². The smallest absolute Gasteiger partial charge is 0.0495 e. The van der Waals surface area contributed by atoms with Crippen molar-refractivity contribution < 1.29 is 0 Å². The summed E-state index contributed by atoms with van der Waals surface area (Å²) >= 11 is 0. The largest absolute Gasteiger partial charge is 0.163 e. The van der Waals surface area contributed by atoms with Crippen LogP contribution in [0.25, 0.3) is 0 Å². The second-order valence-corrected chi connectivity index (χ2v) is 2.77. The summed E-state index contributed by atoms with van der Waals surface area (Å²) in [5, 5.41) is 7.70. The summed E-state index contributed by atoms with van der Waals surface area (Å²) in [6, 6.07) is 0. The Morgan fingerprint density at radius 2 is 1.20 bits per heavy atom. The van der Waals surface area contributed by atoms with Gasteiger partial charge in [-0.15, -0.1) is 0 Å². The molecule has 0 saturated carbocycles. The molecule has 15 heavy (non-hydrogen) atoms. The van der Waals surface area contributed by atoms with Gasteiger partial charge in [0, 0.05) is 18.9 Å². The van der Waals surface area contributed by atoms with E-state index in [1.54, 1.807) is 12.4 Å². The molecule has 1 aliphatic rings. The van der Waals surface area contributed by atoms with E-state index in [4.69, 9.17) is 0 Å². The number of nitrogens with zero attached hydrogens (tertiary/aromatic N) is 2. The lowest BCUT2D eigenvalue weighted by Crippen LogP contribution is -1.68. The highest BCUT2D eigenvalue weighted by atomic mass is 15.2. The van der Waals surface area contributed by atoms with Crippen LogP contribution >= 0.6 is 0 Å². The van der Waals surface area contributed by atoms with Crippen molar-refractivity contribution in [1.82, 2.24) is 0 Å². The molecule has 0 atom stereocenters. The first-order valence-electron chi connectivity index (χ1n) is 4.87. The number of hydrogen-bond donors (Lipinski definition) is 0. The van der Waals surface area contributed by atoms with E-state index in [2.05, 4.69) is 10.2 Å². The molecule has 0 aliphatic carbocycles. The van der Waals surface area contributed by atoms with Crippen molar-refractivity contribution in [3.05, 3.63) is 60.8 Å². The summed E-state index contributed by atoms with van der Waals surface area (Å²) in [6.45, 7) is 0. The minimum atomic E-state index is 0.799. The van der Waals surface area contributed by atoms with Crippen LogP contribution in [0.1, 0.15) is 6.42 Å². The zero-order chi connectivity index (χ0) is 10.6. The van der Waals surface area contributed by atoms with Gasteiger partial charge in [0.1, 0.15) is 0 Å². The molecule has 0 fully saturated rings. The Morgan fingerprint density at radius 1 is 0.600 bits per heavy atom. The van der Waals surface area contributed by atoms with Crippen LogP contribution in [0.5, 0.6) is 0 Å². The second-order valence-electron chi connectivity index (χ2n) is 2.77. The Hall–Kier alpha value is -1.96. The van der Waals surface area contributed by atoms with Crippen molar-refractivity contribution in [3.63, 3.8) is 0 Å². The molecule has 0 unspecified atom stereocenters. The lowest BCUT2D eigenvalue weighted by Gasteiger charge is -1.77. The predicted octanol–water partition coefficient (Wildman–Crippen LogP) is 3.23. The molecule has 1 rings (SSSR count). The molecule has 0 radical (unpaired) electrons. The van der Waals surface area contributed by atoms with Crippen LogP contribution in [0.3, 0.4) is 0 Å². The Balaban J connectivity index is 2.62. The first kappa shape index (κ1) is 11.1. The SMILES string of the molecule is C1=CC=CC=CCC=NN=CC=CC=C1. The van der Waals surface area contributed by atoms with E-state index < -0.39 is 0 Å². The number of hydrogen-bond acceptors (Lipinski definition) is 2. The van der Waals surface area contributed by atoms with Crippen LogP contribution < -0.4 is 0 Å². The highest BCUT2D eigenvalue weighted by Gasteiger charge is 1.70. The second kappa shape index (κ2) is 8.63. The Kier molecular flexibility index (Phi) is 6.40. The molecule has 76 valence electrons. The van der Waals surface area contributed by atoms with Crippen LogP contribution in [0, 0.1) is 0 Å². The molecule has 1 aliphatic heterocycles. The van der Waals surface area contributed by atoms with Crippen molar-refractivity contribution in [2.45, 2.75) is 6.42 Å². The van der Waals surface area contributed by atoms with Gasteiger partial charge in [0.15, 0.2) is 0 Å². The van der Waals surface area contributed by atoms with E-state index >= 15 is 0 Å². The predicted molar refractivity (Wildman–Crippen MR) is 67.3 cm³/mol. The van der Waals surface area contributed by atoms with Crippen molar-refractivity contribution in [1.29, 1.82) is 0 Å². The average Bonchev–Trinajstić information content (AvgIpc) is 2.27. The summed E-state index contributed by atoms with van der Waals surface area (Å²) in [6.07, 6.45) is 23.8. The maximum atomic E-state index is 3.86. The van der Waals surface area contributed by atoms with Gasteiger partial charge in [-0.3, -0.25) is 0 Å². The van der Waals surface area contributed by atoms with Crippen LogP contribution in [0.15, 0.2) is 71.0 Å². The van der Waals surface area contributed by atoms with Gasteiger partial charge >= 0.3 is 0 Å². The number of allylic oxidation sites excluding steroid dienone is 10. The molecule has 0 N–H and O–H groups in total. The van der Waals surface area contributed by atoms with E-state index in [0.717, 1.165) is 6.42 Å². The molecule has 1 heterocycles. The quantitative estimate of drug-likeness (QED) is 0.571. The normalized spacial score (nSPS) is 16.5. The van der Waals surface area contributed by atoms with Gasteiger partial charge in [-0.25, -0.2) is 0 Å². The highest BCUT2D eigenvalue weighted by molar-refractivity contribution is 5.72. The zero-order valence-electron chi connectivity index (χ0n) is 8.53. The van der Waals surface area contributed by atoms with Crippen LogP contribution in [-0.4, -0.2) is 12.4 Å². The van der Waals surface area contributed by atoms with Gasteiger partial charge in [-0.1, -0.05) is 54.7 Å². The molecule has 0 aromatic carbocycles. The molecule has 0 amide bonds. The first-order valence-corrected chi connectivity index (χ1v) is 4.87. The van der Waals surface area contributed by atoms with Gasteiger partial charge in [-0.05, 0) is 6.08 Å². The van der Waals surface area contributed by atoms with Crippen molar-refractivity contribution >= 4 is 12.4 Å². The summed E-state index contributed by atoms with van der Waals surface area (Å²) in [5.74, 6) is 0. The molecule has 2 nitrogen and oxygen atoms in total. The minimum Gasteiger partial charge on any atom is -0.163 e. The lowest BCUT2D eigenvalue weighted by molar-refractivity contribution is 1.25. The summed E-state index contributed by atoms with van der Waals surface area (Å²) < 4.78 is 0. The van der Waals surface area contributed by atoms with Gasteiger partial charge in [0.25, 0.3) is 0 Å². The first-order chi connectivity index (χ1) is 7.50. The molecule has 2 heteroatoms. The van der Waals surface area contributed by atoms with Crippen molar-refractivity contribution in [3.8, 4) is 0 Å². The summed E-state index contributed by atoms with van der Waals surface area (Å²) in [5.41, 5.74) is 0. The topological polar surface area (TPSA) is 24.7 Å². The Morgan fingerprint density at radius 3 is 1.93 bits per heavy atom. The molecule has 0 bridgehead atoms. The van der Waals surface area contributed by atoms with E-state index in [-0.39, 0.29) is 0 Å². The van der Waals surface area contributed by atoms with Crippen molar-refractivity contribution in [2.24, 2.45) is 10.2 Å². The third kappa shape index (κ3) is 7.14. The average molecular weight is 198 g/mol. The Labute approximate surface area is 90.4 Å². The van der Waals surface area contributed by atoms with Crippen molar-refractivity contribution in [2.75, 3.05) is 0 Å². The summed E-state index contributed by atoms with van der Waals surface area (Å²) in [7, 11) is 0. The molecular formula is C13H14N2. The third-order valence-electron chi connectivity index (χ3n) is 1.57. The van der Waals surface area contributed by atoms with Crippen LogP contribution in [-0.2, 0) is 0 Å². The fourth-order valence-corrected chi connectivity index (χ4v) is 0.888. The minimum absolute atomic E-state index is 0.799. The van der Waals surface area contributed by atoms with Gasteiger partial charge in [0.05, 0.1) is 0 Å². The fraction of sp³-hybridized carbons (Fsp3) is 0.0769. The summed E-state index contributed by atoms with van der Waals surface area (Å²) in [4.78, 5) is 0. The molecule has 0 saturated heterocycles. The maximum absolute atomic E-state index is 3.86. The Bertz CT molecular complexity index is 319. The standard InChI is InChI=1S/C13H14N2/c1-2-4-6-8-10-12-14-15-13-11-9-7-5-3-1/h1-10,12-13H,11H2. The lowest BCUT2D eigenvalue weighted by atomic mass is 10.3. The maximum Gasteiger partial charge on any atom is 0.0495 e. The van der Waals surface area contributed by atoms with Crippen LogP contribution in [0.4, 0.5) is 0 Å².